The van der Waals surface area contributed by atoms with Crippen LogP contribution in [0.4, 0.5) is 4.39 Å². The number of aromatic nitrogens is 1. The average molecular weight is 304 g/mol. The summed E-state index contributed by atoms with van der Waals surface area (Å²) in [7, 11) is 0. The molecule has 0 aliphatic carbocycles. The van der Waals surface area contributed by atoms with Crippen molar-refractivity contribution in [2.75, 3.05) is 6.54 Å². The highest BCUT2D eigenvalue weighted by Crippen LogP contribution is 2.26. The van der Waals surface area contributed by atoms with Crippen molar-refractivity contribution in [3.63, 3.8) is 0 Å². The molecule has 22 heavy (non-hydrogen) atoms. The van der Waals surface area contributed by atoms with Crippen LogP contribution in [0, 0.1) is 5.82 Å². The second-order valence-electron chi connectivity index (χ2n) is 5.98. The number of hydrogen-bond donors (Lipinski definition) is 1. The van der Waals surface area contributed by atoms with Crippen molar-refractivity contribution < 1.29 is 13.9 Å². The molecule has 0 bridgehead atoms. The average Bonchev–Trinajstić information content (AvgIpc) is 3.09. The van der Waals surface area contributed by atoms with Gasteiger partial charge in [-0.2, -0.15) is 0 Å². The van der Waals surface area contributed by atoms with E-state index in [1.54, 1.807) is 18.3 Å². The second kappa shape index (κ2) is 6.58. The van der Waals surface area contributed by atoms with E-state index in [1.807, 2.05) is 6.92 Å². The Balaban J connectivity index is 1.69. The van der Waals surface area contributed by atoms with Crippen LogP contribution >= 0.6 is 0 Å². The normalized spacial score (nSPS) is 20.4. The highest BCUT2D eigenvalue weighted by atomic mass is 19.1. The van der Waals surface area contributed by atoms with E-state index in [9.17, 15) is 9.50 Å². The van der Waals surface area contributed by atoms with Gasteiger partial charge in [0.15, 0.2) is 5.76 Å². The van der Waals surface area contributed by atoms with Gasteiger partial charge in [0, 0.05) is 11.6 Å². The minimum absolute atomic E-state index is 0.285. The van der Waals surface area contributed by atoms with Gasteiger partial charge >= 0.3 is 0 Å². The number of oxazole rings is 1. The molecule has 5 heteroatoms. The van der Waals surface area contributed by atoms with Crippen molar-refractivity contribution in [3.8, 4) is 11.3 Å². The zero-order valence-electron chi connectivity index (χ0n) is 12.7. The van der Waals surface area contributed by atoms with Gasteiger partial charge in [-0.1, -0.05) is 12.1 Å². The van der Waals surface area contributed by atoms with Crippen molar-refractivity contribution in [1.82, 2.24) is 9.88 Å². The highest BCUT2D eigenvalue weighted by Gasteiger charge is 2.26. The molecule has 4 nitrogen and oxygen atoms in total. The third-order valence-electron chi connectivity index (χ3n) is 4.11. The Morgan fingerprint density at radius 2 is 2.36 bits per heavy atom. The first-order valence-electron chi connectivity index (χ1n) is 7.74. The molecule has 2 atom stereocenters. The number of hydrogen-bond acceptors (Lipinski definition) is 4. The summed E-state index contributed by atoms with van der Waals surface area (Å²) in [4.78, 5) is 6.61. The van der Waals surface area contributed by atoms with E-state index in [-0.39, 0.29) is 11.9 Å². The summed E-state index contributed by atoms with van der Waals surface area (Å²) in [5.41, 5.74) is 0.695. The van der Waals surface area contributed by atoms with Crippen LogP contribution in [0.25, 0.3) is 11.3 Å². The number of likely N-dealkylation sites (tertiary alicyclic amines) is 1. The summed E-state index contributed by atoms with van der Waals surface area (Å²) in [6.07, 6.45) is 4.36. The summed E-state index contributed by atoms with van der Waals surface area (Å²) in [6.45, 7) is 3.45. The molecular formula is C17H21FN2O2. The highest BCUT2D eigenvalue weighted by molar-refractivity contribution is 5.56. The molecule has 1 saturated heterocycles. The van der Waals surface area contributed by atoms with Crippen LogP contribution in [-0.4, -0.2) is 33.7 Å². The first-order chi connectivity index (χ1) is 10.6. The van der Waals surface area contributed by atoms with E-state index in [0.29, 0.717) is 29.8 Å². The summed E-state index contributed by atoms with van der Waals surface area (Å²) < 4.78 is 19.0. The maximum absolute atomic E-state index is 13.3. The van der Waals surface area contributed by atoms with Gasteiger partial charge in [0.25, 0.3) is 0 Å². The Hall–Kier alpha value is -1.72. The maximum Gasteiger partial charge on any atom is 0.209 e. The van der Waals surface area contributed by atoms with Crippen molar-refractivity contribution in [3.05, 3.63) is 42.2 Å². The van der Waals surface area contributed by atoms with Crippen LogP contribution < -0.4 is 0 Å². The lowest BCUT2D eigenvalue weighted by Gasteiger charge is -2.23. The van der Waals surface area contributed by atoms with Crippen LogP contribution in [0.15, 0.2) is 34.9 Å². The van der Waals surface area contributed by atoms with Gasteiger partial charge in [-0.3, -0.25) is 4.90 Å². The van der Waals surface area contributed by atoms with E-state index >= 15 is 0 Å². The number of aliphatic hydroxyl groups is 1. The topological polar surface area (TPSA) is 49.5 Å². The van der Waals surface area contributed by atoms with Crippen LogP contribution in [0.2, 0.25) is 0 Å². The van der Waals surface area contributed by atoms with Crippen LogP contribution in [0.1, 0.15) is 32.1 Å². The molecule has 0 amide bonds. The zero-order chi connectivity index (χ0) is 15.5. The lowest BCUT2D eigenvalue weighted by molar-refractivity contribution is 0.126. The minimum Gasteiger partial charge on any atom is -0.439 e. The molecular weight excluding hydrogens is 283 g/mol. The fourth-order valence-electron chi connectivity index (χ4n) is 3.10. The third-order valence-corrected chi connectivity index (χ3v) is 4.11. The molecule has 0 radical (unpaired) electrons. The van der Waals surface area contributed by atoms with E-state index in [1.165, 1.54) is 12.1 Å². The Kier molecular flexibility index (Phi) is 4.55. The number of benzene rings is 1. The number of rotatable bonds is 5. The Bertz CT molecular complexity index is 627. The SMILES string of the molecule is CC(O)CC1CCCN1Cc1ncc(-c2cccc(F)c2)o1. The van der Waals surface area contributed by atoms with Crippen LogP contribution in [-0.2, 0) is 6.54 Å². The molecule has 1 aromatic heterocycles. The van der Waals surface area contributed by atoms with Gasteiger partial charge in [0.2, 0.25) is 5.89 Å². The minimum atomic E-state index is -0.294. The Morgan fingerprint density at radius 3 is 3.14 bits per heavy atom. The lowest BCUT2D eigenvalue weighted by atomic mass is 10.1. The lowest BCUT2D eigenvalue weighted by Crippen LogP contribution is -2.31. The molecule has 1 fully saturated rings. The van der Waals surface area contributed by atoms with Gasteiger partial charge in [0.05, 0.1) is 18.8 Å². The van der Waals surface area contributed by atoms with Gasteiger partial charge < -0.3 is 9.52 Å². The van der Waals surface area contributed by atoms with E-state index in [4.69, 9.17) is 4.42 Å². The van der Waals surface area contributed by atoms with Crippen LogP contribution in [0.3, 0.4) is 0 Å². The fraction of sp³-hybridized carbons (Fsp3) is 0.471. The molecule has 0 spiro atoms. The van der Waals surface area contributed by atoms with Crippen molar-refractivity contribution in [2.45, 2.75) is 44.9 Å². The molecule has 2 aromatic rings. The monoisotopic (exact) mass is 304 g/mol. The standard InChI is InChI=1S/C17H21FN2O2/c1-12(21)8-15-6-3-7-20(15)11-17-19-10-16(22-17)13-4-2-5-14(18)9-13/h2,4-5,9-10,12,15,21H,3,6-8,11H2,1H3. The maximum atomic E-state index is 13.3. The third kappa shape index (κ3) is 3.54. The number of aliphatic hydroxyl groups excluding tert-OH is 1. The summed E-state index contributed by atoms with van der Waals surface area (Å²) in [5, 5.41) is 9.57. The summed E-state index contributed by atoms with van der Waals surface area (Å²) in [6, 6.07) is 6.69. The predicted octanol–water partition coefficient (Wildman–Crippen LogP) is 3.22. The Morgan fingerprint density at radius 1 is 1.50 bits per heavy atom. The molecule has 1 aliphatic rings. The summed E-state index contributed by atoms with van der Waals surface area (Å²) in [5.74, 6) is 0.935. The molecule has 1 N–H and O–H groups in total. The van der Waals surface area contributed by atoms with Crippen molar-refractivity contribution in [1.29, 1.82) is 0 Å². The van der Waals surface area contributed by atoms with Gasteiger partial charge in [-0.15, -0.1) is 0 Å². The zero-order valence-corrected chi connectivity index (χ0v) is 12.7. The van der Waals surface area contributed by atoms with Crippen LogP contribution in [0.5, 0.6) is 0 Å². The molecule has 1 aromatic carbocycles. The van der Waals surface area contributed by atoms with E-state index in [0.717, 1.165) is 25.8 Å². The van der Waals surface area contributed by atoms with E-state index in [2.05, 4.69) is 9.88 Å². The van der Waals surface area contributed by atoms with Gasteiger partial charge in [-0.25, -0.2) is 9.37 Å². The van der Waals surface area contributed by atoms with Gasteiger partial charge in [-0.05, 0) is 44.9 Å². The van der Waals surface area contributed by atoms with Crippen molar-refractivity contribution >= 4 is 0 Å². The Labute approximate surface area is 129 Å². The van der Waals surface area contributed by atoms with Crippen molar-refractivity contribution in [2.24, 2.45) is 0 Å². The molecule has 3 rings (SSSR count). The largest absolute Gasteiger partial charge is 0.439 e. The van der Waals surface area contributed by atoms with E-state index < -0.39 is 0 Å². The first kappa shape index (κ1) is 15.2. The second-order valence-corrected chi connectivity index (χ2v) is 5.98. The fourth-order valence-corrected chi connectivity index (χ4v) is 3.10. The molecule has 118 valence electrons. The number of nitrogens with zero attached hydrogens (tertiary/aromatic N) is 2. The molecule has 2 heterocycles. The summed E-state index contributed by atoms with van der Waals surface area (Å²) >= 11 is 0. The van der Waals surface area contributed by atoms with Gasteiger partial charge in [0.1, 0.15) is 5.82 Å². The number of halogens is 1. The quantitative estimate of drug-likeness (QED) is 0.921. The molecule has 0 saturated carbocycles. The molecule has 1 aliphatic heterocycles. The predicted molar refractivity (Wildman–Crippen MR) is 81.6 cm³/mol. The first-order valence-corrected chi connectivity index (χ1v) is 7.74. The molecule has 2 unspecified atom stereocenters. The smallest absolute Gasteiger partial charge is 0.209 e.